The van der Waals surface area contributed by atoms with Crippen LogP contribution in [0.25, 0.3) is 0 Å². The average molecular weight is 350 g/mol. The van der Waals surface area contributed by atoms with Gasteiger partial charge in [0.05, 0.1) is 11.6 Å². The second-order valence-electron chi connectivity index (χ2n) is 4.29. The topological polar surface area (TPSA) is 73.9 Å². The van der Waals surface area contributed by atoms with Gasteiger partial charge in [0.2, 0.25) is 0 Å². The Kier molecular flexibility index (Phi) is 8.01. The molecule has 122 valence electrons. The lowest BCUT2D eigenvalue weighted by Crippen LogP contribution is -2.34. The molecule has 1 rings (SSSR count). The molecule has 1 aromatic carbocycles. The fraction of sp³-hybridized carbons (Fsp3) is 0.429. The van der Waals surface area contributed by atoms with E-state index in [-0.39, 0.29) is 11.6 Å². The fourth-order valence-electron chi connectivity index (χ4n) is 1.41. The van der Waals surface area contributed by atoms with E-state index in [0.29, 0.717) is 23.9 Å². The summed E-state index contributed by atoms with van der Waals surface area (Å²) >= 11 is 11.7. The van der Waals surface area contributed by atoms with Crippen molar-refractivity contribution in [1.29, 1.82) is 0 Å². The van der Waals surface area contributed by atoms with E-state index in [1.165, 1.54) is 20.1 Å². The number of hydrogen-bond acceptors (Lipinski definition) is 5. The lowest BCUT2D eigenvalue weighted by atomic mass is 10.3. The SMILES string of the molecule is COCCNC(=O)COC(=O)[C@@H](C)Oc1ccc(Cl)cc1Cl. The number of carbonyl (C=O) groups excluding carboxylic acids is 2. The lowest BCUT2D eigenvalue weighted by Gasteiger charge is -2.15. The normalized spacial score (nSPS) is 11.6. The van der Waals surface area contributed by atoms with E-state index in [9.17, 15) is 9.59 Å². The van der Waals surface area contributed by atoms with Gasteiger partial charge >= 0.3 is 5.97 Å². The molecule has 0 fully saturated rings. The number of benzene rings is 1. The number of ether oxygens (including phenoxy) is 3. The zero-order chi connectivity index (χ0) is 16.5. The second kappa shape index (κ2) is 9.50. The Bertz CT molecular complexity index is 524. The molecule has 0 aliphatic rings. The Morgan fingerprint density at radius 2 is 2.05 bits per heavy atom. The number of halogens is 2. The fourth-order valence-corrected chi connectivity index (χ4v) is 1.86. The molecule has 0 aliphatic carbocycles. The van der Waals surface area contributed by atoms with Gasteiger partial charge in [0.25, 0.3) is 5.91 Å². The maximum absolute atomic E-state index is 11.7. The molecule has 0 spiro atoms. The molecule has 0 saturated carbocycles. The minimum Gasteiger partial charge on any atom is -0.477 e. The first-order chi connectivity index (χ1) is 10.4. The maximum Gasteiger partial charge on any atom is 0.347 e. The van der Waals surface area contributed by atoms with E-state index in [4.69, 9.17) is 37.4 Å². The Balaban J connectivity index is 2.40. The predicted octanol–water partition coefficient (Wildman–Crippen LogP) is 2.07. The van der Waals surface area contributed by atoms with Gasteiger partial charge in [-0.15, -0.1) is 0 Å². The third kappa shape index (κ3) is 6.51. The minimum atomic E-state index is -0.912. The van der Waals surface area contributed by atoms with Gasteiger partial charge < -0.3 is 19.5 Å². The van der Waals surface area contributed by atoms with Crippen molar-refractivity contribution in [2.45, 2.75) is 13.0 Å². The molecule has 1 N–H and O–H groups in total. The van der Waals surface area contributed by atoms with Crippen LogP contribution in [0.4, 0.5) is 0 Å². The summed E-state index contributed by atoms with van der Waals surface area (Å²) in [6, 6.07) is 4.63. The van der Waals surface area contributed by atoms with Crippen LogP contribution in [0.2, 0.25) is 10.0 Å². The first kappa shape index (κ1) is 18.5. The van der Waals surface area contributed by atoms with Crippen LogP contribution < -0.4 is 10.1 Å². The molecule has 0 saturated heterocycles. The van der Waals surface area contributed by atoms with Crippen molar-refractivity contribution in [2.24, 2.45) is 0 Å². The van der Waals surface area contributed by atoms with Crippen LogP contribution in [0, 0.1) is 0 Å². The van der Waals surface area contributed by atoms with Crippen LogP contribution in [-0.2, 0) is 19.1 Å². The standard InChI is InChI=1S/C14H17Cl2NO5/c1-9(22-12-4-3-10(15)7-11(12)16)14(19)21-8-13(18)17-5-6-20-2/h3-4,7,9H,5-6,8H2,1-2H3,(H,17,18)/t9-/m1/s1. The van der Waals surface area contributed by atoms with Crippen LogP contribution in [-0.4, -0.2) is 44.8 Å². The van der Waals surface area contributed by atoms with E-state index < -0.39 is 18.0 Å². The third-order valence-corrected chi connectivity index (χ3v) is 3.03. The molecule has 0 aromatic heterocycles. The first-order valence-corrected chi connectivity index (χ1v) is 7.23. The van der Waals surface area contributed by atoms with E-state index in [2.05, 4.69) is 5.32 Å². The zero-order valence-electron chi connectivity index (χ0n) is 12.2. The number of esters is 1. The van der Waals surface area contributed by atoms with Gasteiger partial charge in [-0.2, -0.15) is 0 Å². The monoisotopic (exact) mass is 349 g/mol. The van der Waals surface area contributed by atoms with Gasteiger partial charge in [-0.1, -0.05) is 23.2 Å². The van der Waals surface area contributed by atoms with Crippen molar-refractivity contribution in [3.8, 4) is 5.75 Å². The minimum absolute atomic E-state index is 0.282. The summed E-state index contributed by atoms with van der Waals surface area (Å²) in [4.78, 5) is 23.1. The first-order valence-electron chi connectivity index (χ1n) is 6.48. The van der Waals surface area contributed by atoms with Crippen molar-refractivity contribution < 1.29 is 23.8 Å². The number of rotatable bonds is 8. The van der Waals surface area contributed by atoms with Gasteiger partial charge in [0.15, 0.2) is 12.7 Å². The van der Waals surface area contributed by atoms with E-state index in [0.717, 1.165) is 0 Å². The highest BCUT2D eigenvalue weighted by Crippen LogP contribution is 2.28. The molecule has 1 amide bonds. The van der Waals surface area contributed by atoms with Crippen LogP contribution >= 0.6 is 23.2 Å². The molecule has 22 heavy (non-hydrogen) atoms. The van der Waals surface area contributed by atoms with Crippen LogP contribution in [0.15, 0.2) is 18.2 Å². The quantitative estimate of drug-likeness (QED) is 0.574. The van der Waals surface area contributed by atoms with Crippen molar-refractivity contribution in [2.75, 3.05) is 26.9 Å². The summed E-state index contributed by atoms with van der Waals surface area (Å²) in [6.45, 7) is 1.84. The molecule has 0 heterocycles. The Morgan fingerprint density at radius 1 is 1.32 bits per heavy atom. The smallest absolute Gasteiger partial charge is 0.347 e. The van der Waals surface area contributed by atoms with Crippen molar-refractivity contribution in [3.05, 3.63) is 28.2 Å². The van der Waals surface area contributed by atoms with Gasteiger partial charge in [-0.05, 0) is 25.1 Å². The summed E-state index contributed by atoms with van der Waals surface area (Å²) < 4.78 is 15.0. The highest BCUT2D eigenvalue weighted by atomic mass is 35.5. The van der Waals surface area contributed by atoms with Gasteiger partial charge in [0.1, 0.15) is 5.75 Å². The summed E-state index contributed by atoms with van der Waals surface area (Å²) in [5, 5.41) is 3.27. The molecule has 0 aliphatic heterocycles. The summed E-state index contributed by atoms with van der Waals surface area (Å²) in [5.74, 6) is -0.782. The van der Waals surface area contributed by atoms with Crippen LogP contribution in [0.5, 0.6) is 5.75 Å². The van der Waals surface area contributed by atoms with Crippen molar-refractivity contribution >= 4 is 35.1 Å². The molecule has 8 heteroatoms. The molecule has 6 nitrogen and oxygen atoms in total. The molecule has 1 aromatic rings. The Labute approximate surface area is 138 Å². The number of methoxy groups -OCH3 is 1. The van der Waals surface area contributed by atoms with E-state index in [1.54, 1.807) is 12.1 Å². The lowest BCUT2D eigenvalue weighted by molar-refractivity contribution is -0.154. The van der Waals surface area contributed by atoms with Crippen LogP contribution in [0.1, 0.15) is 6.92 Å². The van der Waals surface area contributed by atoms with Gasteiger partial charge in [-0.25, -0.2) is 4.79 Å². The highest BCUT2D eigenvalue weighted by molar-refractivity contribution is 6.35. The number of carbonyl (C=O) groups is 2. The molecule has 0 unspecified atom stereocenters. The van der Waals surface area contributed by atoms with Crippen molar-refractivity contribution in [3.63, 3.8) is 0 Å². The number of hydrogen-bond donors (Lipinski definition) is 1. The van der Waals surface area contributed by atoms with Gasteiger partial charge in [0, 0.05) is 18.7 Å². The molecular weight excluding hydrogens is 333 g/mol. The number of amides is 1. The largest absolute Gasteiger partial charge is 0.477 e. The second-order valence-corrected chi connectivity index (χ2v) is 5.13. The maximum atomic E-state index is 11.7. The molecule has 0 bridgehead atoms. The zero-order valence-corrected chi connectivity index (χ0v) is 13.7. The van der Waals surface area contributed by atoms with Crippen molar-refractivity contribution in [1.82, 2.24) is 5.32 Å². The molecular formula is C14H17Cl2NO5. The van der Waals surface area contributed by atoms with Crippen LogP contribution in [0.3, 0.4) is 0 Å². The van der Waals surface area contributed by atoms with Gasteiger partial charge in [-0.3, -0.25) is 4.79 Å². The highest BCUT2D eigenvalue weighted by Gasteiger charge is 2.19. The van der Waals surface area contributed by atoms with E-state index in [1.807, 2.05) is 0 Å². The summed E-state index contributed by atoms with van der Waals surface area (Å²) in [5.41, 5.74) is 0. The molecule has 1 atom stereocenters. The molecule has 0 radical (unpaired) electrons. The van der Waals surface area contributed by atoms with E-state index >= 15 is 0 Å². The number of nitrogens with one attached hydrogen (secondary N) is 1. The average Bonchev–Trinajstić information content (AvgIpc) is 2.47. The Morgan fingerprint density at radius 3 is 2.68 bits per heavy atom. The third-order valence-electron chi connectivity index (χ3n) is 2.50. The Hall–Kier alpha value is -1.50. The summed E-state index contributed by atoms with van der Waals surface area (Å²) in [7, 11) is 1.52. The summed E-state index contributed by atoms with van der Waals surface area (Å²) in [6.07, 6.45) is -0.912. The predicted molar refractivity (Wildman–Crippen MR) is 82.4 cm³/mol.